The lowest BCUT2D eigenvalue weighted by Crippen LogP contribution is -2.42. The maximum atomic E-state index is 11.8. The van der Waals surface area contributed by atoms with Gasteiger partial charge in [-0.1, -0.05) is 20.8 Å². The lowest BCUT2D eigenvalue weighted by molar-refractivity contribution is -0.123. The zero-order chi connectivity index (χ0) is 11.5. The molecule has 0 bridgehead atoms. The van der Waals surface area contributed by atoms with Gasteiger partial charge in [-0.25, -0.2) is 0 Å². The summed E-state index contributed by atoms with van der Waals surface area (Å²) in [6.07, 6.45) is 3.91. The van der Waals surface area contributed by atoms with Crippen LogP contribution in [0.1, 0.15) is 46.5 Å². The lowest BCUT2D eigenvalue weighted by atomic mass is 9.83. The molecule has 88 valence electrons. The maximum absolute atomic E-state index is 11.8. The van der Waals surface area contributed by atoms with Gasteiger partial charge < -0.3 is 10.5 Å². The van der Waals surface area contributed by atoms with Crippen molar-refractivity contribution in [1.29, 1.82) is 0 Å². The maximum Gasteiger partial charge on any atom is 0.150 e. The molecule has 0 aromatic heterocycles. The van der Waals surface area contributed by atoms with Crippen molar-refractivity contribution < 1.29 is 9.53 Å². The van der Waals surface area contributed by atoms with Crippen LogP contribution in [0.15, 0.2) is 0 Å². The summed E-state index contributed by atoms with van der Waals surface area (Å²) in [6, 6.07) is -0.348. The SMILES string of the molecule is CC(C)(C)C(N)C(=O)CCC1CCCO1. The minimum atomic E-state index is -0.348. The highest BCUT2D eigenvalue weighted by atomic mass is 16.5. The fourth-order valence-electron chi connectivity index (χ4n) is 1.81. The summed E-state index contributed by atoms with van der Waals surface area (Å²) in [7, 11) is 0. The minimum Gasteiger partial charge on any atom is -0.378 e. The third kappa shape index (κ3) is 3.92. The molecule has 0 radical (unpaired) electrons. The molecular formula is C12H23NO2. The number of nitrogens with two attached hydrogens (primary N) is 1. The Bertz CT molecular complexity index is 214. The number of rotatable bonds is 4. The van der Waals surface area contributed by atoms with E-state index in [9.17, 15) is 4.79 Å². The summed E-state index contributed by atoms with van der Waals surface area (Å²) in [5, 5.41) is 0. The third-order valence-electron chi connectivity index (χ3n) is 3.02. The van der Waals surface area contributed by atoms with Crippen molar-refractivity contribution in [2.75, 3.05) is 6.61 Å². The molecule has 0 aliphatic carbocycles. The number of ether oxygens (including phenoxy) is 1. The van der Waals surface area contributed by atoms with Crippen molar-refractivity contribution in [3.8, 4) is 0 Å². The second-order valence-electron chi connectivity index (χ2n) is 5.48. The average Bonchev–Trinajstić information content (AvgIpc) is 2.63. The van der Waals surface area contributed by atoms with E-state index in [1.54, 1.807) is 0 Å². The highest BCUT2D eigenvalue weighted by Gasteiger charge is 2.27. The predicted molar refractivity (Wildman–Crippen MR) is 60.6 cm³/mol. The molecule has 2 atom stereocenters. The third-order valence-corrected chi connectivity index (χ3v) is 3.02. The summed E-state index contributed by atoms with van der Waals surface area (Å²) in [5.74, 6) is 0.165. The van der Waals surface area contributed by atoms with Gasteiger partial charge in [0.2, 0.25) is 0 Å². The Kier molecular flexibility index (Phi) is 4.29. The molecule has 1 fully saturated rings. The van der Waals surface area contributed by atoms with Gasteiger partial charge in [0.05, 0.1) is 12.1 Å². The standard InChI is InChI=1S/C12H23NO2/c1-12(2,3)11(13)10(14)7-6-9-5-4-8-15-9/h9,11H,4-8,13H2,1-3H3. The van der Waals surface area contributed by atoms with Crippen molar-refractivity contribution in [2.45, 2.75) is 58.6 Å². The summed E-state index contributed by atoms with van der Waals surface area (Å²) < 4.78 is 5.48. The molecule has 0 spiro atoms. The van der Waals surface area contributed by atoms with E-state index in [1.165, 1.54) is 0 Å². The summed E-state index contributed by atoms with van der Waals surface area (Å²) in [4.78, 5) is 11.8. The molecule has 0 saturated carbocycles. The molecule has 0 aromatic carbocycles. The molecule has 1 aliphatic heterocycles. The van der Waals surface area contributed by atoms with Crippen molar-refractivity contribution in [2.24, 2.45) is 11.1 Å². The second kappa shape index (κ2) is 5.08. The van der Waals surface area contributed by atoms with Gasteiger partial charge in [0.25, 0.3) is 0 Å². The van der Waals surface area contributed by atoms with Crippen molar-refractivity contribution in [3.63, 3.8) is 0 Å². The summed E-state index contributed by atoms with van der Waals surface area (Å²) in [6.45, 7) is 6.86. The minimum absolute atomic E-state index is 0.131. The number of hydrogen-bond acceptors (Lipinski definition) is 3. The normalized spacial score (nSPS) is 24.1. The van der Waals surface area contributed by atoms with E-state index < -0.39 is 0 Å². The van der Waals surface area contributed by atoms with E-state index in [0.717, 1.165) is 25.9 Å². The quantitative estimate of drug-likeness (QED) is 0.776. The molecule has 1 heterocycles. The van der Waals surface area contributed by atoms with Crippen LogP contribution in [-0.2, 0) is 9.53 Å². The molecule has 2 N–H and O–H groups in total. The highest BCUT2D eigenvalue weighted by Crippen LogP contribution is 2.22. The molecule has 0 amide bonds. The highest BCUT2D eigenvalue weighted by molar-refractivity contribution is 5.84. The lowest BCUT2D eigenvalue weighted by Gasteiger charge is -2.26. The first-order valence-electron chi connectivity index (χ1n) is 5.81. The van der Waals surface area contributed by atoms with Crippen LogP contribution in [0, 0.1) is 5.41 Å². The number of ketones is 1. The number of Topliss-reactive ketones (excluding diaryl/α,β-unsaturated/α-hetero) is 1. The zero-order valence-electron chi connectivity index (χ0n) is 10.1. The molecule has 1 rings (SSSR count). The van der Waals surface area contributed by atoms with Gasteiger partial charge in [0.1, 0.15) is 5.78 Å². The summed E-state index contributed by atoms with van der Waals surface area (Å²) >= 11 is 0. The largest absolute Gasteiger partial charge is 0.378 e. The van der Waals surface area contributed by atoms with Gasteiger partial charge in [0, 0.05) is 13.0 Å². The Labute approximate surface area is 92.4 Å². The first-order chi connectivity index (χ1) is 6.91. The van der Waals surface area contributed by atoms with E-state index in [0.29, 0.717) is 12.5 Å². The Morgan fingerprint density at radius 1 is 1.53 bits per heavy atom. The van der Waals surface area contributed by atoms with Gasteiger partial charge in [-0.15, -0.1) is 0 Å². The molecule has 2 unspecified atom stereocenters. The first kappa shape index (κ1) is 12.7. The monoisotopic (exact) mass is 213 g/mol. The van der Waals surface area contributed by atoms with Crippen molar-refractivity contribution in [1.82, 2.24) is 0 Å². The van der Waals surface area contributed by atoms with Gasteiger partial charge >= 0.3 is 0 Å². The number of hydrogen-bond donors (Lipinski definition) is 1. The fraction of sp³-hybridized carbons (Fsp3) is 0.917. The van der Waals surface area contributed by atoms with Gasteiger partial charge in [-0.05, 0) is 24.7 Å². The smallest absolute Gasteiger partial charge is 0.150 e. The Morgan fingerprint density at radius 3 is 2.67 bits per heavy atom. The van der Waals surface area contributed by atoms with E-state index >= 15 is 0 Å². The van der Waals surface area contributed by atoms with E-state index in [1.807, 2.05) is 20.8 Å². The summed E-state index contributed by atoms with van der Waals surface area (Å²) in [5.41, 5.74) is 5.76. The van der Waals surface area contributed by atoms with Crippen LogP contribution in [0.2, 0.25) is 0 Å². The Hall–Kier alpha value is -0.410. The number of carbonyl (C=O) groups excluding carboxylic acids is 1. The van der Waals surface area contributed by atoms with Crippen LogP contribution in [0.25, 0.3) is 0 Å². The van der Waals surface area contributed by atoms with E-state index in [-0.39, 0.29) is 17.2 Å². The molecule has 0 aromatic rings. The van der Waals surface area contributed by atoms with Crippen molar-refractivity contribution >= 4 is 5.78 Å². The average molecular weight is 213 g/mol. The van der Waals surface area contributed by atoms with E-state index in [4.69, 9.17) is 10.5 Å². The predicted octanol–water partition coefficient (Wildman–Crippen LogP) is 1.89. The van der Waals surface area contributed by atoms with Crippen LogP contribution in [0.5, 0.6) is 0 Å². The van der Waals surface area contributed by atoms with Gasteiger partial charge in [-0.2, -0.15) is 0 Å². The second-order valence-corrected chi connectivity index (χ2v) is 5.48. The molecule has 3 heteroatoms. The van der Waals surface area contributed by atoms with Gasteiger partial charge in [-0.3, -0.25) is 4.79 Å². The Balaban J connectivity index is 2.29. The van der Waals surface area contributed by atoms with E-state index in [2.05, 4.69) is 0 Å². The fourth-order valence-corrected chi connectivity index (χ4v) is 1.81. The molecule has 15 heavy (non-hydrogen) atoms. The zero-order valence-corrected chi connectivity index (χ0v) is 10.1. The first-order valence-corrected chi connectivity index (χ1v) is 5.81. The van der Waals surface area contributed by atoms with Crippen LogP contribution in [-0.4, -0.2) is 24.5 Å². The van der Waals surface area contributed by atoms with Gasteiger partial charge in [0.15, 0.2) is 0 Å². The molecule has 3 nitrogen and oxygen atoms in total. The molecular weight excluding hydrogens is 190 g/mol. The molecule has 1 aliphatic rings. The van der Waals surface area contributed by atoms with Crippen LogP contribution in [0.3, 0.4) is 0 Å². The van der Waals surface area contributed by atoms with Crippen molar-refractivity contribution in [3.05, 3.63) is 0 Å². The molecule has 1 saturated heterocycles. The van der Waals surface area contributed by atoms with Crippen LogP contribution < -0.4 is 5.73 Å². The van der Waals surface area contributed by atoms with Crippen LogP contribution >= 0.6 is 0 Å². The van der Waals surface area contributed by atoms with Crippen LogP contribution in [0.4, 0.5) is 0 Å². The Morgan fingerprint density at radius 2 is 2.20 bits per heavy atom. The topological polar surface area (TPSA) is 52.3 Å². The number of carbonyl (C=O) groups is 1.